The molecule has 0 atom stereocenters. The number of nitrogens with two attached hydrogens (primary N) is 1. The number of pyridine rings is 1. The number of aromatic nitrogens is 1. The molecule has 3 N–H and O–H groups in total. The Labute approximate surface area is 187 Å². The lowest BCUT2D eigenvalue weighted by atomic mass is 9.92. The molecule has 7 heteroatoms. The number of fused-ring (bicyclic) bond motifs is 1. The zero-order valence-corrected chi connectivity index (χ0v) is 18.4. The second-order valence-corrected chi connectivity index (χ2v) is 9.28. The molecular weight excluding hydrogens is 422 g/mol. The van der Waals surface area contributed by atoms with Crippen molar-refractivity contribution in [1.82, 2.24) is 4.98 Å². The van der Waals surface area contributed by atoms with Gasteiger partial charge in [-0.2, -0.15) is 0 Å². The van der Waals surface area contributed by atoms with Gasteiger partial charge in [-0.1, -0.05) is 60.7 Å². The lowest BCUT2D eigenvalue weighted by Crippen LogP contribution is -2.17. The Morgan fingerprint density at radius 2 is 1.69 bits per heavy atom. The Hall–Kier alpha value is -3.55. The lowest BCUT2D eigenvalue weighted by molar-refractivity contribution is -0.115. The molecule has 0 fully saturated rings. The summed E-state index contributed by atoms with van der Waals surface area (Å²) >= 11 is 0. The first-order chi connectivity index (χ1) is 15.3. The van der Waals surface area contributed by atoms with Gasteiger partial charge in [0, 0.05) is 16.8 Å². The SMILES string of the molecule is Cc1nc2ccccc2c(-c2ccccc2)c1CC(=O)Nc1cccc(CS(N)(=O)=O)c1. The summed E-state index contributed by atoms with van der Waals surface area (Å²) in [4.78, 5) is 17.7. The van der Waals surface area contributed by atoms with Gasteiger partial charge in [-0.3, -0.25) is 9.78 Å². The van der Waals surface area contributed by atoms with Gasteiger partial charge in [0.15, 0.2) is 0 Å². The van der Waals surface area contributed by atoms with Crippen LogP contribution in [0.4, 0.5) is 5.69 Å². The van der Waals surface area contributed by atoms with E-state index in [-0.39, 0.29) is 18.1 Å². The van der Waals surface area contributed by atoms with E-state index in [4.69, 9.17) is 10.1 Å². The topological polar surface area (TPSA) is 102 Å². The quantitative estimate of drug-likeness (QED) is 0.465. The number of primary sulfonamides is 1. The average Bonchev–Trinajstić information content (AvgIpc) is 2.74. The fourth-order valence-corrected chi connectivity index (χ4v) is 4.51. The molecule has 6 nitrogen and oxygen atoms in total. The maximum atomic E-state index is 13.0. The molecule has 1 heterocycles. The van der Waals surface area contributed by atoms with Crippen molar-refractivity contribution in [2.24, 2.45) is 5.14 Å². The van der Waals surface area contributed by atoms with E-state index in [9.17, 15) is 13.2 Å². The minimum absolute atomic E-state index is 0.132. The molecule has 0 spiro atoms. The second-order valence-electron chi connectivity index (χ2n) is 7.67. The van der Waals surface area contributed by atoms with E-state index in [1.165, 1.54) is 0 Å². The van der Waals surface area contributed by atoms with Crippen molar-refractivity contribution in [2.75, 3.05) is 5.32 Å². The maximum absolute atomic E-state index is 13.0. The normalized spacial score (nSPS) is 11.4. The van der Waals surface area contributed by atoms with E-state index in [0.29, 0.717) is 11.3 Å². The highest BCUT2D eigenvalue weighted by atomic mass is 32.2. The van der Waals surface area contributed by atoms with Gasteiger partial charge in [0.1, 0.15) is 0 Å². The van der Waals surface area contributed by atoms with Crippen LogP contribution in [0, 0.1) is 6.92 Å². The first kappa shape index (κ1) is 21.7. The van der Waals surface area contributed by atoms with Crippen LogP contribution in [0.25, 0.3) is 22.0 Å². The van der Waals surface area contributed by atoms with Gasteiger partial charge in [-0.15, -0.1) is 0 Å². The van der Waals surface area contributed by atoms with Crippen LogP contribution in [0.15, 0.2) is 78.9 Å². The number of amides is 1. The molecule has 0 saturated carbocycles. The molecule has 3 aromatic carbocycles. The molecule has 4 rings (SSSR count). The Kier molecular flexibility index (Phi) is 6.03. The first-order valence-electron chi connectivity index (χ1n) is 10.1. The molecule has 1 aromatic heterocycles. The molecule has 0 aliphatic heterocycles. The Morgan fingerprint density at radius 1 is 0.969 bits per heavy atom. The fourth-order valence-electron chi connectivity index (χ4n) is 3.86. The predicted octanol–water partition coefficient (Wildman–Crippen LogP) is 4.18. The van der Waals surface area contributed by atoms with Crippen LogP contribution in [0.1, 0.15) is 16.8 Å². The van der Waals surface area contributed by atoms with Gasteiger partial charge >= 0.3 is 0 Å². The highest BCUT2D eigenvalue weighted by Crippen LogP contribution is 2.33. The molecule has 0 aliphatic carbocycles. The van der Waals surface area contributed by atoms with Crippen LogP contribution in [0.3, 0.4) is 0 Å². The molecule has 0 aliphatic rings. The van der Waals surface area contributed by atoms with Crippen molar-refractivity contribution >= 4 is 32.5 Å². The third-order valence-electron chi connectivity index (χ3n) is 5.18. The fraction of sp³-hybridized carbons (Fsp3) is 0.120. The van der Waals surface area contributed by atoms with Crippen molar-refractivity contribution < 1.29 is 13.2 Å². The highest BCUT2D eigenvalue weighted by molar-refractivity contribution is 7.88. The van der Waals surface area contributed by atoms with Crippen LogP contribution >= 0.6 is 0 Å². The zero-order valence-electron chi connectivity index (χ0n) is 17.6. The molecule has 32 heavy (non-hydrogen) atoms. The summed E-state index contributed by atoms with van der Waals surface area (Å²) in [6, 6.07) is 24.5. The second kappa shape index (κ2) is 8.90. The van der Waals surface area contributed by atoms with Crippen molar-refractivity contribution in [3.8, 4) is 11.1 Å². The molecule has 1 amide bonds. The molecule has 4 aromatic rings. The average molecular weight is 446 g/mol. The monoisotopic (exact) mass is 445 g/mol. The summed E-state index contributed by atoms with van der Waals surface area (Å²) in [5, 5.41) is 8.99. The van der Waals surface area contributed by atoms with Crippen molar-refractivity contribution in [2.45, 2.75) is 19.1 Å². The summed E-state index contributed by atoms with van der Waals surface area (Å²) in [7, 11) is -3.65. The number of hydrogen-bond acceptors (Lipinski definition) is 4. The van der Waals surface area contributed by atoms with Gasteiger partial charge < -0.3 is 5.32 Å². The first-order valence-corrected chi connectivity index (χ1v) is 11.8. The smallest absolute Gasteiger partial charge is 0.228 e. The summed E-state index contributed by atoms with van der Waals surface area (Å²) < 4.78 is 22.8. The van der Waals surface area contributed by atoms with Crippen LogP contribution in [-0.2, 0) is 27.0 Å². The Bertz CT molecular complexity index is 1400. The number of carbonyl (C=O) groups is 1. The predicted molar refractivity (Wildman–Crippen MR) is 128 cm³/mol. The van der Waals surface area contributed by atoms with Gasteiger partial charge in [-0.25, -0.2) is 13.6 Å². The number of aryl methyl sites for hydroxylation is 1. The molecule has 162 valence electrons. The van der Waals surface area contributed by atoms with E-state index in [1.807, 2.05) is 61.5 Å². The van der Waals surface area contributed by atoms with E-state index in [1.54, 1.807) is 24.3 Å². The van der Waals surface area contributed by atoms with E-state index < -0.39 is 10.0 Å². The number of nitrogens with one attached hydrogen (secondary N) is 1. The number of carbonyl (C=O) groups excluding carboxylic acids is 1. The third kappa shape index (κ3) is 5.01. The number of rotatable bonds is 6. The summed E-state index contributed by atoms with van der Waals surface area (Å²) in [6.45, 7) is 1.91. The van der Waals surface area contributed by atoms with Crippen LogP contribution in [-0.4, -0.2) is 19.3 Å². The molecular formula is C25H23N3O3S. The number of anilines is 1. The molecule has 0 unspecified atom stereocenters. The number of benzene rings is 3. The van der Waals surface area contributed by atoms with Crippen molar-refractivity contribution in [3.05, 3.63) is 95.7 Å². The summed E-state index contributed by atoms with van der Waals surface area (Å²) in [5.74, 6) is -0.502. The standard InChI is InChI=1S/C25H23N3O3S/c1-17-22(15-24(29)28-20-11-7-8-18(14-20)16-32(26,30)31)25(19-9-3-2-4-10-19)21-12-5-6-13-23(21)27-17/h2-14H,15-16H2,1H3,(H,28,29)(H2,26,30,31). The van der Waals surface area contributed by atoms with Crippen molar-refractivity contribution in [3.63, 3.8) is 0 Å². The lowest BCUT2D eigenvalue weighted by Gasteiger charge is -2.16. The number of sulfonamides is 1. The Balaban J connectivity index is 1.68. The maximum Gasteiger partial charge on any atom is 0.228 e. The van der Waals surface area contributed by atoms with E-state index >= 15 is 0 Å². The third-order valence-corrected chi connectivity index (χ3v) is 5.91. The van der Waals surface area contributed by atoms with Crippen LogP contribution in [0.5, 0.6) is 0 Å². The highest BCUT2D eigenvalue weighted by Gasteiger charge is 2.17. The minimum Gasteiger partial charge on any atom is -0.326 e. The van der Waals surface area contributed by atoms with Crippen LogP contribution < -0.4 is 10.5 Å². The van der Waals surface area contributed by atoms with Gasteiger partial charge in [0.2, 0.25) is 15.9 Å². The molecule has 0 radical (unpaired) electrons. The van der Waals surface area contributed by atoms with Gasteiger partial charge in [0.25, 0.3) is 0 Å². The van der Waals surface area contributed by atoms with Gasteiger partial charge in [0.05, 0.1) is 17.7 Å². The molecule has 0 saturated heterocycles. The van der Waals surface area contributed by atoms with E-state index in [2.05, 4.69) is 5.32 Å². The van der Waals surface area contributed by atoms with Crippen molar-refractivity contribution in [1.29, 1.82) is 0 Å². The number of nitrogens with zero attached hydrogens (tertiary/aromatic N) is 1. The summed E-state index contributed by atoms with van der Waals surface area (Å²) in [6.07, 6.45) is 0.132. The van der Waals surface area contributed by atoms with Crippen LogP contribution in [0.2, 0.25) is 0 Å². The minimum atomic E-state index is -3.65. The van der Waals surface area contributed by atoms with Gasteiger partial charge in [-0.05, 0) is 47.4 Å². The number of hydrogen-bond donors (Lipinski definition) is 2. The number of para-hydroxylation sites is 1. The Morgan fingerprint density at radius 3 is 2.44 bits per heavy atom. The van der Waals surface area contributed by atoms with E-state index in [0.717, 1.165) is 33.3 Å². The summed E-state index contributed by atoms with van der Waals surface area (Å²) in [5.41, 5.74) is 5.57. The largest absolute Gasteiger partial charge is 0.326 e. The molecule has 0 bridgehead atoms. The zero-order chi connectivity index (χ0) is 22.7.